The van der Waals surface area contributed by atoms with Gasteiger partial charge in [0.15, 0.2) is 9.84 Å². The van der Waals surface area contributed by atoms with Crippen LogP contribution in [0.4, 0.5) is 0 Å². The molecule has 5 nitrogen and oxygen atoms in total. The van der Waals surface area contributed by atoms with Gasteiger partial charge in [-0.25, -0.2) is 8.42 Å². The molecule has 1 aliphatic rings. The zero-order chi connectivity index (χ0) is 15.5. The third kappa shape index (κ3) is 4.03. The van der Waals surface area contributed by atoms with Crippen LogP contribution in [0.1, 0.15) is 19.4 Å². The number of nitrogens with zero attached hydrogens (tertiary/aromatic N) is 1. The van der Waals surface area contributed by atoms with Gasteiger partial charge in [0.05, 0.1) is 23.9 Å². The molecule has 0 saturated carbocycles. The van der Waals surface area contributed by atoms with E-state index < -0.39 is 9.84 Å². The predicted molar refractivity (Wildman–Crippen MR) is 82.9 cm³/mol. The smallest absolute Gasteiger partial charge is 0.179 e. The zero-order valence-electron chi connectivity index (χ0n) is 12.7. The molecule has 0 aromatic heterocycles. The van der Waals surface area contributed by atoms with Crippen molar-refractivity contribution in [3.8, 4) is 0 Å². The molecule has 21 heavy (non-hydrogen) atoms. The van der Waals surface area contributed by atoms with Crippen LogP contribution in [0.15, 0.2) is 29.2 Å². The van der Waals surface area contributed by atoms with Crippen molar-refractivity contribution in [2.75, 3.05) is 32.1 Å². The van der Waals surface area contributed by atoms with Crippen molar-refractivity contribution in [3.63, 3.8) is 0 Å². The van der Waals surface area contributed by atoms with Gasteiger partial charge in [0.2, 0.25) is 0 Å². The molecule has 0 radical (unpaired) electrons. The van der Waals surface area contributed by atoms with Gasteiger partial charge in [-0.2, -0.15) is 0 Å². The van der Waals surface area contributed by atoms with Crippen LogP contribution in [0, 0.1) is 0 Å². The number of ether oxygens (including phenoxy) is 1. The Morgan fingerprint density at radius 2 is 2.14 bits per heavy atom. The normalized spacial score (nSPS) is 19.6. The lowest BCUT2D eigenvalue weighted by Gasteiger charge is -2.42. The number of benzene rings is 1. The number of hydrogen-bond donors (Lipinski definition) is 1. The second-order valence-corrected chi connectivity index (χ2v) is 8.13. The van der Waals surface area contributed by atoms with E-state index in [2.05, 4.69) is 18.7 Å². The molecular weight excluding hydrogens is 288 g/mol. The molecule has 2 rings (SSSR count). The van der Waals surface area contributed by atoms with E-state index >= 15 is 0 Å². The van der Waals surface area contributed by atoms with Gasteiger partial charge in [-0.1, -0.05) is 12.1 Å². The Hall–Kier alpha value is -0.950. The molecule has 118 valence electrons. The number of hydrogen-bond acceptors (Lipinski definition) is 5. The minimum atomic E-state index is -3.28. The van der Waals surface area contributed by atoms with Gasteiger partial charge in [-0.05, 0) is 31.5 Å². The molecule has 1 aliphatic heterocycles. The number of sulfone groups is 1. The van der Waals surface area contributed by atoms with Crippen molar-refractivity contribution in [1.29, 1.82) is 0 Å². The van der Waals surface area contributed by atoms with Crippen LogP contribution in [0.25, 0.3) is 0 Å². The average molecular weight is 312 g/mol. The molecule has 1 aromatic rings. The third-order valence-electron chi connectivity index (χ3n) is 3.94. The minimum Gasteiger partial charge on any atom is -0.378 e. The van der Waals surface area contributed by atoms with E-state index in [-0.39, 0.29) is 11.3 Å². The van der Waals surface area contributed by atoms with Gasteiger partial charge in [0.25, 0.3) is 0 Å². The molecule has 1 saturated heterocycles. The first-order chi connectivity index (χ1) is 9.85. The second kappa shape index (κ2) is 6.44. The molecule has 0 bridgehead atoms. The van der Waals surface area contributed by atoms with E-state index in [4.69, 9.17) is 10.5 Å². The Labute approximate surface area is 127 Å². The van der Waals surface area contributed by atoms with Gasteiger partial charge in [0.1, 0.15) is 0 Å². The highest BCUT2D eigenvalue weighted by molar-refractivity contribution is 7.91. The first-order valence-corrected chi connectivity index (χ1v) is 8.85. The SMILES string of the molecule is CC1(C)COCCN1CCS(=O)(=O)c1cccc(CN)c1. The largest absolute Gasteiger partial charge is 0.378 e. The maximum atomic E-state index is 12.5. The Kier molecular flexibility index (Phi) is 5.03. The van der Waals surface area contributed by atoms with Crippen LogP contribution < -0.4 is 5.73 Å². The van der Waals surface area contributed by atoms with Gasteiger partial charge < -0.3 is 10.5 Å². The highest BCUT2D eigenvalue weighted by atomic mass is 32.2. The summed E-state index contributed by atoms with van der Waals surface area (Å²) in [6.07, 6.45) is 0. The standard InChI is InChI=1S/C15H24N2O3S/c1-15(2)12-20-8-6-17(15)7-9-21(18,19)14-5-3-4-13(10-14)11-16/h3-5,10H,6-9,11-12,16H2,1-2H3. The molecule has 0 spiro atoms. The maximum Gasteiger partial charge on any atom is 0.179 e. The molecule has 0 atom stereocenters. The fourth-order valence-electron chi connectivity index (χ4n) is 2.52. The summed E-state index contributed by atoms with van der Waals surface area (Å²) in [5, 5.41) is 0. The average Bonchev–Trinajstić information content (AvgIpc) is 2.46. The summed E-state index contributed by atoms with van der Waals surface area (Å²) in [5.41, 5.74) is 6.29. The molecule has 2 N–H and O–H groups in total. The molecule has 0 aliphatic carbocycles. The lowest BCUT2D eigenvalue weighted by Crippen LogP contribution is -2.54. The summed E-state index contributed by atoms with van der Waals surface area (Å²) < 4.78 is 30.4. The fraction of sp³-hybridized carbons (Fsp3) is 0.600. The minimum absolute atomic E-state index is 0.116. The van der Waals surface area contributed by atoms with Crippen LogP contribution in [-0.2, 0) is 21.1 Å². The number of nitrogens with two attached hydrogens (primary N) is 1. The predicted octanol–water partition coefficient (Wildman–Crippen LogP) is 1.03. The summed E-state index contributed by atoms with van der Waals surface area (Å²) in [6.45, 7) is 7.08. The van der Waals surface area contributed by atoms with Gasteiger partial charge >= 0.3 is 0 Å². The Morgan fingerprint density at radius 1 is 1.38 bits per heavy atom. The maximum absolute atomic E-state index is 12.5. The first-order valence-electron chi connectivity index (χ1n) is 7.20. The molecule has 6 heteroatoms. The molecule has 1 heterocycles. The van der Waals surface area contributed by atoms with Crippen LogP contribution in [0.5, 0.6) is 0 Å². The summed E-state index contributed by atoms with van der Waals surface area (Å²) in [6, 6.07) is 6.89. The summed E-state index contributed by atoms with van der Waals surface area (Å²) in [5.74, 6) is 0.116. The Bertz CT molecular complexity index is 584. The van der Waals surface area contributed by atoms with Crippen molar-refractivity contribution in [3.05, 3.63) is 29.8 Å². The van der Waals surface area contributed by atoms with E-state index in [0.717, 1.165) is 12.1 Å². The van der Waals surface area contributed by atoms with E-state index in [0.29, 0.717) is 31.2 Å². The van der Waals surface area contributed by atoms with Crippen molar-refractivity contribution in [2.45, 2.75) is 30.8 Å². The van der Waals surface area contributed by atoms with Crippen LogP contribution in [0.3, 0.4) is 0 Å². The summed E-state index contributed by atoms with van der Waals surface area (Å²) in [7, 11) is -3.28. The van der Waals surface area contributed by atoms with Crippen molar-refractivity contribution in [1.82, 2.24) is 4.90 Å². The summed E-state index contributed by atoms with van der Waals surface area (Å²) >= 11 is 0. The molecule has 0 amide bonds. The van der Waals surface area contributed by atoms with Crippen molar-refractivity contribution in [2.24, 2.45) is 5.73 Å². The topological polar surface area (TPSA) is 72.6 Å². The van der Waals surface area contributed by atoms with E-state index in [1.807, 2.05) is 6.07 Å². The molecular formula is C15H24N2O3S. The highest BCUT2D eigenvalue weighted by Gasteiger charge is 2.31. The Balaban J connectivity index is 2.07. The van der Waals surface area contributed by atoms with E-state index in [9.17, 15) is 8.42 Å². The van der Waals surface area contributed by atoms with Gasteiger partial charge in [0, 0.05) is 25.2 Å². The van der Waals surface area contributed by atoms with Crippen LogP contribution >= 0.6 is 0 Å². The van der Waals surface area contributed by atoms with Crippen LogP contribution in [0.2, 0.25) is 0 Å². The first kappa shape index (κ1) is 16.4. The van der Waals surface area contributed by atoms with Crippen molar-refractivity contribution >= 4 is 9.84 Å². The summed E-state index contributed by atoms with van der Waals surface area (Å²) in [4.78, 5) is 2.54. The quantitative estimate of drug-likeness (QED) is 0.879. The number of rotatable bonds is 5. The second-order valence-electron chi connectivity index (χ2n) is 6.02. The van der Waals surface area contributed by atoms with Crippen LogP contribution in [-0.4, -0.2) is 50.9 Å². The van der Waals surface area contributed by atoms with Gasteiger partial charge in [-0.15, -0.1) is 0 Å². The van der Waals surface area contributed by atoms with E-state index in [1.165, 1.54) is 0 Å². The monoisotopic (exact) mass is 312 g/mol. The molecule has 0 unspecified atom stereocenters. The lowest BCUT2D eigenvalue weighted by molar-refractivity contribution is -0.0477. The Morgan fingerprint density at radius 3 is 2.81 bits per heavy atom. The van der Waals surface area contributed by atoms with E-state index in [1.54, 1.807) is 18.2 Å². The fourth-order valence-corrected chi connectivity index (χ4v) is 3.83. The lowest BCUT2D eigenvalue weighted by atomic mass is 10.0. The molecule has 1 fully saturated rings. The number of morpholine rings is 1. The molecule has 1 aromatic carbocycles. The zero-order valence-corrected chi connectivity index (χ0v) is 13.5. The van der Waals surface area contributed by atoms with Gasteiger partial charge in [-0.3, -0.25) is 4.90 Å². The highest BCUT2D eigenvalue weighted by Crippen LogP contribution is 2.20. The third-order valence-corrected chi connectivity index (χ3v) is 5.63. The van der Waals surface area contributed by atoms with Crippen molar-refractivity contribution < 1.29 is 13.2 Å².